The van der Waals surface area contributed by atoms with Crippen molar-refractivity contribution >= 4 is 28.8 Å². The minimum Gasteiger partial charge on any atom is -0.693 e. The number of amides is 1. The fourth-order valence-corrected chi connectivity index (χ4v) is 2.74. The van der Waals surface area contributed by atoms with E-state index in [1.54, 1.807) is 12.4 Å². The molecule has 0 saturated heterocycles. The number of rotatable bonds is 3. The maximum absolute atomic E-state index is 12.7. The quantitative estimate of drug-likeness (QED) is 0.211. The molecule has 4 rings (SSSR count). The Bertz CT molecular complexity index is 1100. The number of nitrogens with zero attached hydrogens (tertiary/aromatic N) is 1. The average molecular weight is 597 g/mol. The van der Waals surface area contributed by atoms with E-state index in [9.17, 15) is 13.2 Å². The van der Waals surface area contributed by atoms with Crippen molar-refractivity contribution < 1.29 is 39.0 Å². The maximum Gasteiger partial charge on any atom is 2.00 e. The number of benzene rings is 2. The van der Waals surface area contributed by atoms with Crippen molar-refractivity contribution in [3.05, 3.63) is 84.8 Å². The van der Waals surface area contributed by atoms with Crippen LogP contribution in [-0.2, 0) is 32.0 Å². The first-order valence-electron chi connectivity index (χ1n) is 8.45. The maximum atomic E-state index is 12.7. The van der Waals surface area contributed by atoms with Gasteiger partial charge in [-0.05, 0) is 24.3 Å². The number of fused-ring (bicyclic) bond motifs is 1. The van der Waals surface area contributed by atoms with E-state index >= 15 is 0 Å². The first kappa shape index (κ1) is 25.9. The summed E-state index contributed by atoms with van der Waals surface area (Å²) in [5, 5.41) is 3.99. The summed E-state index contributed by atoms with van der Waals surface area (Å²) in [6.45, 7) is 0. The number of H-pyrrole nitrogens is 1. The molecule has 0 unspecified atom stereocenters. The minimum atomic E-state index is -4.34. The molecule has 2 aromatic heterocycles. The number of aromatic amines is 1. The van der Waals surface area contributed by atoms with Gasteiger partial charge in [0.1, 0.15) is 5.65 Å². The van der Waals surface area contributed by atoms with Crippen molar-refractivity contribution in [3.8, 4) is 11.1 Å². The number of pyridine rings is 1. The number of hydrogen-bond acceptors (Lipinski definition) is 3. The van der Waals surface area contributed by atoms with Gasteiger partial charge in [0, 0.05) is 23.5 Å². The second-order valence-corrected chi connectivity index (χ2v) is 5.95. The van der Waals surface area contributed by atoms with Crippen LogP contribution in [0.3, 0.4) is 0 Å². The summed E-state index contributed by atoms with van der Waals surface area (Å²) in [6.07, 6.45) is -0.578. The Labute approximate surface area is 190 Å². The van der Waals surface area contributed by atoms with Gasteiger partial charge in [-0.15, -0.1) is 5.56 Å². The van der Waals surface area contributed by atoms with Gasteiger partial charge >= 0.3 is 27.2 Å². The monoisotopic (exact) mass is 597 g/mol. The van der Waals surface area contributed by atoms with Crippen LogP contribution < -0.4 is 11.1 Å². The van der Waals surface area contributed by atoms with Crippen molar-refractivity contribution in [1.29, 1.82) is 0 Å². The van der Waals surface area contributed by atoms with E-state index in [1.165, 1.54) is 12.1 Å². The molecule has 0 bridgehead atoms. The molecule has 10 heteroatoms. The second kappa shape index (κ2) is 11.3. The van der Waals surface area contributed by atoms with E-state index in [4.69, 9.17) is 4.79 Å². The van der Waals surface area contributed by atoms with Crippen LogP contribution >= 0.6 is 0 Å². The van der Waals surface area contributed by atoms with Gasteiger partial charge < -0.3 is 22.2 Å². The third kappa shape index (κ3) is 6.41. The number of anilines is 2. The Morgan fingerprint density at radius 2 is 1.81 bits per heavy atom. The summed E-state index contributed by atoms with van der Waals surface area (Å²) in [5.74, 6) is 0. The topological polar surface area (TPSA) is 117 Å². The number of primary amides is 1. The van der Waals surface area contributed by atoms with E-state index in [0.29, 0.717) is 11.3 Å². The Hall–Kier alpha value is -3.16. The van der Waals surface area contributed by atoms with E-state index in [0.717, 1.165) is 34.3 Å². The first-order valence-corrected chi connectivity index (χ1v) is 8.45. The predicted octanol–water partition coefficient (Wildman–Crippen LogP) is 5.61. The van der Waals surface area contributed by atoms with Crippen molar-refractivity contribution in [1.82, 2.24) is 9.97 Å². The summed E-state index contributed by atoms with van der Waals surface area (Å²) in [7, 11) is 0. The molecule has 2 aromatic carbocycles. The molecule has 0 saturated carbocycles. The molecular formula is C21H18F3N5OW. The normalized spacial score (nSPS) is 10.2. The SMILES string of the molecule is FC(F)(F)c1ccc(Nc2c[nH]c3ncc(-c4c[c-]ccc4)cc23)cc1.NC=O.[NH2-].[W+2]. The van der Waals surface area contributed by atoms with Gasteiger partial charge in [0.25, 0.3) is 0 Å². The largest absolute Gasteiger partial charge is 2.00 e. The van der Waals surface area contributed by atoms with Crippen molar-refractivity contribution in [3.63, 3.8) is 0 Å². The van der Waals surface area contributed by atoms with Crippen LogP contribution in [-0.4, -0.2) is 16.4 Å². The number of nitrogens with two attached hydrogens (primary N) is 2. The molecule has 31 heavy (non-hydrogen) atoms. The number of hydrogen-bond donors (Lipinski definition) is 3. The van der Waals surface area contributed by atoms with Gasteiger partial charge in [-0.2, -0.15) is 43.5 Å². The number of aromatic nitrogens is 2. The summed E-state index contributed by atoms with van der Waals surface area (Å²) >= 11 is 0. The fourth-order valence-electron chi connectivity index (χ4n) is 2.74. The van der Waals surface area contributed by atoms with E-state index in [-0.39, 0.29) is 33.6 Å². The molecular weight excluding hydrogens is 579 g/mol. The van der Waals surface area contributed by atoms with Crippen LogP contribution in [0.15, 0.2) is 67.0 Å². The molecule has 0 radical (unpaired) electrons. The number of carbonyl (C=O) groups is 1. The van der Waals surface area contributed by atoms with Gasteiger partial charge in [-0.3, -0.25) is 4.79 Å². The summed E-state index contributed by atoms with van der Waals surface area (Å²) in [6, 6.07) is 17.5. The predicted molar refractivity (Wildman–Crippen MR) is 111 cm³/mol. The van der Waals surface area contributed by atoms with Gasteiger partial charge in [-0.25, -0.2) is 4.98 Å². The molecule has 0 aliphatic carbocycles. The molecule has 0 aliphatic heterocycles. The Kier molecular flexibility index (Phi) is 9.42. The van der Waals surface area contributed by atoms with Crippen LogP contribution in [0.1, 0.15) is 5.56 Å². The summed E-state index contributed by atoms with van der Waals surface area (Å²) in [4.78, 5) is 16.1. The summed E-state index contributed by atoms with van der Waals surface area (Å²) < 4.78 is 38.0. The molecule has 0 fully saturated rings. The van der Waals surface area contributed by atoms with Crippen molar-refractivity contribution in [2.45, 2.75) is 6.18 Å². The molecule has 0 aliphatic rings. The number of nitrogens with one attached hydrogen (secondary N) is 2. The van der Waals surface area contributed by atoms with Gasteiger partial charge in [0.05, 0.1) is 11.3 Å². The summed E-state index contributed by atoms with van der Waals surface area (Å²) in [5.41, 5.74) is 7.42. The zero-order valence-corrected chi connectivity index (χ0v) is 18.9. The van der Waals surface area contributed by atoms with Crippen LogP contribution in [0, 0.1) is 6.07 Å². The van der Waals surface area contributed by atoms with Crippen LogP contribution in [0.25, 0.3) is 28.3 Å². The van der Waals surface area contributed by atoms with Gasteiger partial charge in [0.2, 0.25) is 6.41 Å². The second-order valence-electron chi connectivity index (χ2n) is 5.95. The zero-order valence-electron chi connectivity index (χ0n) is 16.0. The molecule has 0 spiro atoms. The third-order valence-corrected chi connectivity index (χ3v) is 4.06. The molecule has 160 valence electrons. The van der Waals surface area contributed by atoms with Crippen LogP contribution in [0.2, 0.25) is 0 Å². The Morgan fingerprint density at radius 3 is 2.39 bits per heavy atom. The standard InChI is InChI=1S/C20H13F3N3.CH3NO.H2N.W/c21-20(22,23)15-6-8-16(9-7-15)26-18-12-25-19-17(18)10-14(11-24-19)13-4-2-1-3-5-13;2-1-3;;/h1-2,4-12,26H,(H,24,25);1H,(H2,2,3);1H2;/q-1;;-1;+2. The molecule has 4 aromatic rings. The van der Waals surface area contributed by atoms with Crippen molar-refractivity contribution in [2.75, 3.05) is 5.32 Å². The van der Waals surface area contributed by atoms with Crippen LogP contribution in [0.4, 0.5) is 24.5 Å². The van der Waals surface area contributed by atoms with E-state index < -0.39 is 11.7 Å². The molecule has 6 N–H and O–H groups in total. The zero-order chi connectivity index (χ0) is 20.9. The number of carbonyl (C=O) groups excluding carboxylic acids is 1. The minimum absolute atomic E-state index is 0. The molecule has 2 heterocycles. The smallest absolute Gasteiger partial charge is 0.693 e. The van der Waals surface area contributed by atoms with Gasteiger partial charge in [0.15, 0.2) is 0 Å². The number of halogens is 3. The fraction of sp³-hybridized carbons (Fsp3) is 0.0476. The Morgan fingerprint density at radius 1 is 1.13 bits per heavy atom. The third-order valence-electron chi connectivity index (χ3n) is 4.06. The van der Waals surface area contributed by atoms with Gasteiger partial charge in [-0.1, -0.05) is 11.6 Å². The van der Waals surface area contributed by atoms with E-state index in [2.05, 4.69) is 27.1 Å². The van der Waals surface area contributed by atoms with Crippen LogP contribution in [0.5, 0.6) is 0 Å². The number of alkyl halides is 3. The average Bonchev–Trinajstić information content (AvgIpc) is 3.11. The molecule has 0 atom stereocenters. The van der Waals surface area contributed by atoms with Crippen molar-refractivity contribution in [2.24, 2.45) is 5.73 Å². The van der Waals surface area contributed by atoms with E-state index in [1.807, 2.05) is 30.3 Å². The molecule has 6 nitrogen and oxygen atoms in total. The first-order chi connectivity index (χ1) is 13.9. The molecule has 1 amide bonds. The Balaban J connectivity index is 0.000000910.